The number of hydrogen-bond acceptors (Lipinski definition) is 4. The van der Waals surface area contributed by atoms with Crippen molar-refractivity contribution in [2.24, 2.45) is 0 Å². The fraction of sp³-hybridized carbons (Fsp3) is 0.348. The second kappa shape index (κ2) is 10.5. The van der Waals surface area contributed by atoms with Gasteiger partial charge in [-0.2, -0.15) is 35.1 Å². The van der Waals surface area contributed by atoms with Crippen LogP contribution in [0.15, 0.2) is 48.5 Å². The van der Waals surface area contributed by atoms with Gasteiger partial charge in [-0.15, -0.1) is 0 Å². The van der Waals surface area contributed by atoms with E-state index in [9.17, 15) is 49.5 Å². The number of hydrogen-bond donors (Lipinski definition) is 2. The van der Waals surface area contributed by atoms with Gasteiger partial charge in [0.2, 0.25) is 0 Å². The van der Waals surface area contributed by atoms with E-state index in [0.717, 1.165) is 6.92 Å². The summed E-state index contributed by atoms with van der Waals surface area (Å²) < 4.78 is 107. The molecular formula is C23H19F8N3O4. The van der Waals surface area contributed by atoms with Crippen molar-refractivity contribution in [2.45, 2.75) is 37.3 Å². The maximum absolute atomic E-state index is 13.4. The molecule has 206 valence electrons. The summed E-state index contributed by atoms with van der Waals surface area (Å²) in [5.74, 6) is -7.67. The van der Waals surface area contributed by atoms with E-state index in [-0.39, 0.29) is 16.8 Å². The highest BCUT2D eigenvalue weighted by molar-refractivity contribution is 6.06. The summed E-state index contributed by atoms with van der Waals surface area (Å²) >= 11 is 0. The van der Waals surface area contributed by atoms with Gasteiger partial charge in [-0.3, -0.25) is 9.59 Å². The minimum absolute atomic E-state index is 0.0757. The minimum atomic E-state index is -5.95. The predicted molar refractivity (Wildman–Crippen MR) is 116 cm³/mol. The first-order valence-electron chi connectivity index (χ1n) is 10.8. The molecule has 1 aliphatic heterocycles. The molecule has 0 radical (unpaired) electrons. The van der Waals surface area contributed by atoms with Gasteiger partial charge in [-0.05, 0) is 24.1 Å². The molecule has 2 N–H and O–H groups in total. The molecule has 7 nitrogen and oxygen atoms in total. The number of para-hydroxylation sites is 1. The van der Waals surface area contributed by atoms with Gasteiger partial charge in [0.15, 0.2) is 6.10 Å². The van der Waals surface area contributed by atoms with Crippen LogP contribution in [-0.2, 0) is 14.3 Å². The molecule has 2 aromatic carbocycles. The fourth-order valence-corrected chi connectivity index (χ4v) is 3.62. The standard InChI is InChI=1S/C23H19F8N3O4/c1-12(38-20(37)32-10-21(24,25)23(29,30)31)18(35)33-17-15-8-3-2-6-13(15)14-7-4-5-9-16(14)34(19(17)36)11-22(26,27)28/h2-9,12,17H,10-11H2,1H3,(H,32,37)(H,33,35)/t12-,17-/m0/s1. The first-order valence-corrected chi connectivity index (χ1v) is 10.8. The number of carbonyl (C=O) groups is 3. The van der Waals surface area contributed by atoms with Crippen molar-refractivity contribution in [3.63, 3.8) is 0 Å². The highest BCUT2D eigenvalue weighted by atomic mass is 19.4. The Bertz CT molecular complexity index is 1220. The monoisotopic (exact) mass is 553 g/mol. The summed E-state index contributed by atoms with van der Waals surface area (Å²) in [6.45, 7) is -2.93. The Hall–Kier alpha value is -3.91. The molecule has 0 aliphatic carbocycles. The number of rotatable bonds is 6. The fourth-order valence-electron chi connectivity index (χ4n) is 3.62. The Morgan fingerprint density at radius 2 is 1.53 bits per heavy atom. The summed E-state index contributed by atoms with van der Waals surface area (Å²) in [6.07, 6.45) is -14.4. The average Bonchev–Trinajstić information content (AvgIpc) is 2.91. The molecular weight excluding hydrogens is 534 g/mol. The lowest BCUT2D eigenvalue weighted by atomic mass is 9.95. The first kappa shape index (κ1) is 28.7. The topological polar surface area (TPSA) is 87.7 Å². The van der Waals surface area contributed by atoms with Crippen molar-refractivity contribution < 1.29 is 54.2 Å². The van der Waals surface area contributed by atoms with Crippen LogP contribution in [0.4, 0.5) is 45.6 Å². The number of fused-ring (bicyclic) bond motifs is 3. The quantitative estimate of drug-likeness (QED) is 0.507. The summed E-state index contributed by atoms with van der Waals surface area (Å²) in [5, 5.41) is 3.37. The Balaban J connectivity index is 1.84. The maximum Gasteiger partial charge on any atom is 0.455 e. The number of alkyl carbamates (subject to hydrolysis) is 1. The second-order valence-electron chi connectivity index (χ2n) is 8.19. The molecule has 15 heteroatoms. The van der Waals surface area contributed by atoms with E-state index in [1.165, 1.54) is 41.7 Å². The third-order valence-corrected chi connectivity index (χ3v) is 5.42. The molecule has 0 saturated heterocycles. The minimum Gasteiger partial charge on any atom is -0.436 e. The van der Waals surface area contributed by atoms with E-state index in [2.05, 4.69) is 10.1 Å². The smallest absolute Gasteiger partial charge is 0.436 e. The molecule has 0 unspecified atom stereocenters. The van der Waals surface area contributed by atoms with Crippen LogP contribution in [0.5, 0.6) is 0 Å². The number of ether oxygens (including phenoxy) is 1. The van der Waals surface area contributed by atoms with Crippen LogP contribution in [0.1, 0.15) is 18.5 Å². The molecule has 0 fully saturated rings. The highest BCUT2D eigenvalue weighted by Gasteiger charge is 2.57. The molecule has 0 saturated carbocycles. The molecule has 1 aliphatic rings. The van der Waals surface area contributed by atoms with Crippen LogP contribution in [0.25, 0.3) is 11.1 Å². The van der Waals surface area contributed by atoms with Gasteiger partial charge in [0.05, 0.1) is 12.2 Å². The Labute approximate surface area is 209 Å². The van der Waals surface area contributed by atoms with Gasteiger partial charge >= 0.3 is 24.4 Å². The molecule has 0 aromatic heterocycles. The van der Waals surface area contributed by atoms with Gasteiger partial charge < -0.3 is 20.3 Å². The summed E-state index contributed by atoms with van der Waals surface area (Å²) in [4.78, 5) is 38.2. The number of alkyl halides is 8. The van der Waals surface area contributed by atoms with Crippen molar-refractivity contribution in [1.82, 2.24) is 10.6 Å². The van der Waals surface area contributed by atoms with Crippen molar-refractivity contribution in [1.29, 1.82) is 0 Å². The second-order valence-corrected chi connectivity index (χ2v) is 8.19. The lowest BCUT2D eigenvalue weighted by Crippen LogP contribution is -2.49. The summed E-state index contributed by atoms with van der Waals surface area (Å²) in [6, 6.07) is 10.0. The molecule has 0 bridgehead atoms. The van der Waals surface area contributed by atoms with Crippen molar-refractivity contribution in [3.8, 4) is 11.1 Å². The van der Waals surface area contributed by atoms with Crippen molar-refractivity contribution >= 4 is 23.6 Å². The SMILES string of the molecule is C[C@H](OC(=O)NCC(F)(F)C(F)(F)F)C(=O)N[C@@H]1C(=O)N(CC(F)(F)F)c2ccccc2-c2ccccc21. The average molecular weight is 553 g/mol. The Morgan fingerprint density at radius 1 is 0.947 bits per heavy atom. The van der Waals surface area contributed by atoms with E-state index in [1.54, 1.807) is 12.1 Å². The number of halogens is 8. The van der Waals surface area contributed by atoms with E-state index >= 15 is 0 Å². The zero-order chi connectivity index (χ0) is 28.5. The maximum atomic E-state index is 13.4. The molecule has 38 heavy (non-hydrogen) atoms. The van der Waals surface area contributed by atoms with Gasteiger partial charge in [0.25, 0.3) is 11.8 Å². The largest absolute Gasteiger partial charge is 0.455 e. The molecule has 3 rings (SSSR count). The third kappa shape index (κ3) is 6.31. The van der Waals surface area contributed by atoms with Gasteiger partial charge in [0.1, 0.15) is 12.6 Å². The molecule has 2 atom stereocenters. The van der Waals surface area contributed by atoms with Crippen molar-refractivity contribution in [3.05, 3.63) is 54.1 Å². The summed E-state index contributed by atoms with van der Waals surface area (Å²) in [7, 11) is 0. The zero-order valence-electron chi connectivity index (χ0n) is 19.3. The number of nitrogens with zero attached hydrogens (tertiary/aromatic N) is 1. The molecule has 0 spiro atoms. The molecule has 3 amide bonds. The Morgan fingerprint density at radius 3 is 2.13 bits per heavy atom. The zero-order valence-corrected chi connectivity index (χ0v) is 19.3. The number of benzene rings is 2. The van der Waals surface area contributed by atoms with Crippen molar-refractivity contribution in [2.75, 3.05) is 18.0 Å². The lowest BCUT2D eigenvalue weighted by molar-refractivity contribution is -0.278. The highest BCUT2D eigenvalue weighted by Crippen LogP contribution is 2.41. The number of carbonyl (C=O) groups excluding carboxylic acids is 3. The number of anilines is 1. The third-order valence-electron chi connectivity index (χ3n) is 5.42. The van der Waals surface area contributed by atoms with Crippen LogP contribution in [0.2, 0.25) is 0 Å². The van der Waals surface area contributed by atoms with Crippen LogP contribution in [-0.4, -0.2) is 55.4 Å². The van der Waals surface area contributed by atoms with Crippen LogP contribution < -0.4 is 15.5 Å². The van der Waals surface area contributed by atoms with E-state index in [4.69, 9.17) is 0 Å². The van der Waals surface area contributed by atoms with Crippen LogP contribution in [0, 0.1) is 0 Å². The van der Waals surface area contributed by atoms with E-state index in [1.807, 2.05) is 0 Å². The Kier molecular flexibility index (Phi) is 7.88. The first-order chi connectivity index (χ1) is 17.5. The molecule has 1 heterocycles. The summed E-state index contributed by atoms with van der Waals surface area (Å²) in [5.41, 5.74) is 0.636. The van der Waals surface area contributed by atoms with Gasteiger partial charge in [-0.1, -0.05) is 42.5 Å². The van der Waals surface area contributed by atoms with Crippen LogP contribution in [0.3, 0.4) is 0 Å². The van der Waals surface area contributed by atoms with Gasteiger partial charge in [-0.25, -0.2) is 4.79 Å². The normalized spacial score (nSPS) is 16.6. The van der Waals surface area contributed by atoms with E-state index in [0.29, 0.717) is 10.5 Å². The molecule has 2 aromatic rings. The van der Waals surface area contributed by atoms with E-state index < -0.39 is 61.4 Å². The number of nitrogens with one attached hydrogen (secondary N) is 2. The van der Waals surface area contributed by atoms with Gasteiger partial charge in [0, 0.05) is 5.56 Å². The predicted octanol–water partition coefficient (Wildman–Crippen LogP) is 4.73. The number of amides is 3. The lowest BCUT2D eigenvalue weighted by Gasteiger charge is -2.28. The van der Waals surface area contributed by atoms with Crippen LogP contribution >= 0.6 is 0 Å².